The Morgan fingerprint density at radius 1 is 1.48 bits per heavy atom. The number of aromatic nitrogens is 2. The molecule has 1 heterocycles. The van der Waals surface area contributed by atoms with E-state index in [0.717, 1.165) is 18.5 Å². The summed E-state index contributed by atoms with van der Waals surface area (Å²) in [5.41, 5.74) is 1.08. The molecule has 2 rings (SSSR count). The maximum absolute atomic E-state index is 10.9. The zero-order valence-electron chi connectivity index (χ0n) is 12.3. The summed E-state index contributed by atoms with van der Waals surface area (Å²) < 4.78 is 2.01. The standard InChI is InChI=1S/C15H20N4O2/c1-3-15(13-5-4-6-14(9-13)19(20)21)17-12(2)10-18-8-7-16-11-18/h4-9,11-12,15,17H,3,10H2,1-2H3. The van der Waals surface area contributed by atoms with Gasteiger partial charge in [0.2, 0.25) is 0 Å². The zero-order valence-corrected chi connectivity index (χ0v) is 12.3. The van der Waals surface area contributed by atoms with Crippen molar-refractivity contribution in [1.82, 2.24) is 14.9 Å². The van der Waals surface area contributed by atoms with E-state index in [4.69, 9.17) is 0 Å². The lowest BCUT2D eigenvalue weighted by atomic mass is 10.0. The summed E-state index contributed by atoms with van der Waals surface area (Å²) in [4.78, 5) is 14.5. The molecule has 0 bridgehead atoms. The Labute approximate surface area is 124 Å². The Balaban J connectivity index is 2.05. The molecule has 2 unspecified atom stereocenters. The molecule has 6 nitrogen and oxygen atoms in total. The Morgan fingerprint density at radius 3 is 2.90 bits per heavy atom. The highest BCUT2D eigenvalue weighted by molar-refractivity contribution is 5.35. The quantitative estimate of drug-likeness (QED) is 0.628. The highest BCUT2D eigenvalue weighted by Crippen LogP contribution is 2.22. The van der Waals surface area contributed by atoms with Gasteiger partial charge in [-0.05, 0) is 18.9 Å². The average Bonchev–Trinajstić information content (AvgIpc) is 2.97. The van der Waals surface area contributed by atoms with Crippen molar-refractivity contribution in [3.05, 3.63) is 58.7 Å². The minimum absolute atomic E-state index is 0.100. The number of hydrogen-bond acceptors (Lipinski definition) is 4. The molecule has 2 atom stereocenters. The van der Waals surface area contributed by atoms with Gasteiger partial charge in [-0.15, -0.1) is 0 Å². The van der Waals surface area contributed by atoms with Crippen LogP contribution in [0.2, 0.25) is 0 Å². The third-order valence-electron chi connectivity index (χ3n) is 3.42. The molecule has 0 radical (unpaired) electrons. The van der Waals surface area contributed by atoms with E-state index in [-0.39, 0.29) is 22.7 Å². The van der Waals surface area contributed by atoms with Gasteiger partial charge < -0.3 is 9.88 Å². The number of non-ortho nitro benzene ring substituents is 1. The molecule has 2 aromatic rings. The Kier molecular flexibility index (Phi) is 5.05. The number of hydrogen-bond donors (Lipinski definition) is 1. The van der Waals surface area contributed by atoms with E-state index in [2.05, 4.69) is 24.1 Å². The molecule has 0 aliphatic rings. The fraction of sp³-hybridized carbons (Fsp3) is 0.400. The van der Waals surface area contributed by atoms with Crippen molar-refractivity contribution in [2.24, 2.45) is 0 Å². The van der Waals surface area contributed by atoms with Crippen molar-refractivity contribution in [3.8, 4) is 0 Å². The first kappa shape index (κ1) is 15.2. The van der Waals surface area contributed by atoms with Gasteiger partial charge in [0, 0.05) is 43.2 Å². The van der Waals surface area contributed by atoms with E-state index in [0.29, 0.717) is 0 Å². The van der Waals surface area contributed by atoms with E-state index in [9.17, 15) is 10.1 Å². The van der Waals surface area contributed by atoms with Gasteiger partial charge in [0.15, 0.2) is 0 Å². The number of nitro groups is 1. The van der Waals surface area contributed by atoms with E-state index < -0.39 is 0 Å². The SMILES string of the molecule is CCC(NC(C)Cn1ccnc1)c1cccc([N+](=O)[O-])c1. The first-order chi connectivity index (χ1) is 10.1. The minimum atomic E-state index is -0.356. The molecular weight excluding hydrogens is 268 g/mol. The molecule has 6 heteroatoms. The molecule has 0 amide bonds. The average molecular weight is 288 g/mol. The molecule has 1 aromatic carbocycles. The smallest absolute Gasteiger partial charge is 0.269 e. The largest absolute Gasteiger partial charge is 0.336 e. The van der Waals surface area contributed by atoms with Crippen LogP contribution >= 0.6 is 0 Å². The molecule has 1 N–H and O–H groups in total. The summed E-state index contributed by atoms with van der Waals surface area (Å²) in [6.07, 6.45) is 6.33. The van der Waals surface area contributed by atoms with Crippen LogP contribution in [-0.4, -0.2) is 20.5 Å². The maximum atomic E-state index is 10.9. The lowest BCUT2D eigenvalue weighted by Gasteiger charge is -2.23. The number of rotatable bonds is 7. The van der Waals surface area contributed by atoms with Gasteiger partial charge in [-0.2, -0.15) is 0 Å². The van der Waals surface area contributed by atoms with Gasteiger partial charge in [-0.3, -0.25) is 10.1 Å². The Bertz CT molecular complexity index is 583. The molecule has 0 fully saturated rings. The monoisotopic (exact) mass is 288 g/mol. The molecule has 21 heavy (non-hydrogen) atoms. The Morgan fingerprint density at radius 2 is 2.29 bits per heavy atom. The van der Waals surface area contributed by atoms with Crippen LogP contribution in [-0.2, 0) is 6.54 Å². The first-order valence-electron chi connectivity index (χ1n) is 7.06. The van der Waals surface area contributed by atoms with Crippen LogP contribution in [0.4, 0.5) is 5.69 Å². The number of nitrogens with zero attached hydrogens (tertiary/aromatic N) is 3. The van der Waals surface area contributed by atoms with Crippen LogP contribution in [0.1, 0.15) is 31.9 Å². The number of nitro benzene ring substituents is 1. The van der Waals surface area contributed by atoms with Crippen molar-refractivity contribution in [2.45, 2.75) is 38.9 Å². The second-order valence-corrected chi connectivity index (χ2v) is 5.14. The molecular formula is C15H20N4O2. The predicted molar refractivity (Wildman–Crippen MR) is 81.0 cm³/mol. The van der Waals surface area contributed by atoms with Crippen molar-refractivity contribution < 1.29 is 4.92 Å². The predicted octanol–water partition coefficient (Wildman–Crippen LogP) is 2.92. The normalized spacial score (nSPS) is 13.8. The minimum Gasteiger partial charge on any atom is -0.336 e. The molecule has 0 aliphatic heterocycles. The van der Waals surface area contributed by atoms with Crippen LogP contribution in [0.15, 0.2) is 43.0 Å². The number of benzene rings is 1. The van der Waals surface area contributed by atoms with Crippen molar-refractivity contribution in [2.75, 3.05) is 0 Å². The molecule has 0 spiro atoms. The van der Waals surface area contributed by atoms with Gasteiger partial charge in [0.05, 0.1) is 11.3 Å². The van der Waals surface area contributed by atoms with Crippen LogP contribution in [0, 0.1) is 10.1 Å². The Hall–Kier alpha value is -2.21. The first-order valence-corrected chi connectivity index (χ1v) is 7.06. The van der Waals surface area contributed by atoms with Gasteiger partial charge in [-0.1, -0.05) is 19.1 Å². The molecule has 112 valence electrons. The summed E-state index contributed by atoms with van der Waals surface area (Å²) in [7, 11) is 0. The van der Waals surface area contributed by atoms with E-state index in [1.807, 2.05) is 16.8 Å². The van der Waals surface area contributed by atoms with Crippen LogP contribution in [0.5, 0.6) is 0 Å². The van der Waals surface area contributed by atoms with E-state index in [1.165, 1.54) is 6.07 Å². The third kappa shape index (κ3) is 4.13. The second-order valence-electron chi connectivity index (χ2n) is 5.14. The van der Waals surface area contributed by atoms with Gasteiger partial charge in [0.1, 0.15) is 0 Å². The van der Waals surface area contributed by atoms with Gasteiger partial charge in [0.25, 0.3) is 5.69 Å². The summed E-state index contributed by atoms with van der Waals surface area (Å²) >= 11 is 0. The highest BCUT2D eigenvalue weighted by Gasteiger charge is 2.15. The number of imidazole rings is 1. The highest BCUT2D eigenvalue weighted by atomic mass is 16.6. The number of nitrogens with one attached hydrogen (secondary N) is 1. The van der Waals surface area contributed by atoms with Crippen molar-refractivity contribution in [3.63, 3.8) is 0 Å². The second kappa shape index (κ2) is 6.99. The summed E-state index contributed by atoms with van der Waals surface area (Å²) in [6, 6.07) is 7.17. The van der Waals surface area contributed by atoms with Crippen LogP contribution in [0.3, 0.4) is 0 Å². The topological polar surface area (TPSA) is 73.0 Å². The summed E-state index contributed by atoms with van der Waals surface area (Å²) in [5, 5.41) is 14.4. The van der Waals surface area contributed by atoms with Crippen molar-refractivity contribution in [1.29, 1.82) is 0 Å². The zero-order chi connectivity index (χ0) is 15.2. The fourth-order valence-electron chi connectivity index (χ4n) is 2.41. The summed E-state index contributed by atoms with van der Waals surface area (Å²) in [5.74, 6) is 0. The van der Waals surface area contributed by atoms with Crippen LogP contribution < -0.4 is 5.32 Å². The summed E-state index contributed by atoms with van der Waals surface area (Å²) in [6.45, 7) is 4.98. The van der Waals surface area contributed by atoms with Gasteiger partial charge in [-0.25, -0.2) is 4.98 Å². The van der Waals surface area contributed by atoms with E-state index in [1.54, 1.807) is 24.7 Å². The van der Waals surface area contributed by atoms with Crippen molar-refractivity contribution >= 4 is 5.69 Å². The molecule has 1 aromatic heterocycles. The fourth-order valence-corrected chi connectivity index (χ4v) is 2.41. The molecule has 0 saturated carbocycles. The maximum Gasteiger partial charge on any atom is 0.269 e. The lowest BCUT2D eigenvalue weighted by Crippen LogP contribution is -2.33. The van der Waals surface area contributed by atoms with E-state index >= 15 is 0 Å². The molecule has 0 aliphatic carbocycles. The van der Waals surface area contributed by atoms with Gasteiger partial charge >= 0.3 is 0 Å². The third-order valence-corrected chi connectivity index (χ3v) is 3.42. The molecule has 0 saturated heterocycles. The lowest BCUT2D eigenvalue weighted by molar-refractivity contribution is -0.384. The van der Waals surface area contributed by atoms with Crippen LogP contribution in [0.25, 0.3) is 0 Å².